The monoisotopic (exact) mass is 284 g/mol. The number of para-hydroxylation sites is 1. The Bertz CT molecular complexity index is 681. The molecule has 1 aromatic carbocycles. The zero-order valence-corrected chi connectivity index (χ0v) is 12.0. The number of hydrogen-bond donors (Lipinski definition) is 1. The van der Waals surface area contributed by atoms with E-state index in [1.54, 1.807) is 11.3 Å². The predicted molar refractivity (Wildman–Crippen MR) is 83.8 cm³/mol. The van der Waals surface area contributed by atoms with Crippen molar-refractivity contribution in [2.75, 3.05) is 6.54 Å². The number of aromatic nitrogens is 1. The van der Waals surface area contributed by atoms with Crippen molar-refractivity contribution in [2.24, 2.45) is 0 Å². The second kappa shape index (κ2) is 6.03. The van der Waals surface area contributed by atoms with Gasteiger partial charge in [-0.05, 0) is 37.2 Å². The summed E-state index contributed by atoms with van der Waals surface area (Å²) in [7, 11) is 0. The first-order valence-electron chi connectivity index (χ1n) is 6.63. The van der Waals surface area contributed by atoms with Gasteiger partial charge in [0.15, 0.2) is 10.8 Å². The van der Waals surface area contributed by atoms with E-state index in [4.69, 9.17) is 4.42 Å². The van der Waals surface area contributed by atoms with Gasteiger partial charge in [-0.25, -0.2) is 4.98 Å². The Labute approximate surface area is 122 Å². The molecule has 0 bridgehead atoms. The van der Waals surface area contributed by atoms with E-state index in [1.807, 2.05) is 36.4 Å². The van der Waals surface area contributed by atoms with E-state index in [0.29, 0.717) is 0 Å². The standard InChI is InChI=1S/C16H16N2OS/c1-2-3-10-17-11-12-8-9-14(19-12)16-18-13-6-4-5-7-15(13)20-16/h2,4-9,17H,1,3,10-11H2. The molecule has 2 aromatic heterocycles. The highest BCUT2D eigenvalue weighted by molar-refractivity contribution is 7.21. The molecule has 0 radical (unpaired) electrons. The highest BCUT2D eigenvalue weighted by Crippen LogP contribution is 2.30. The van der Waals surface area contributed by atoms with Crippen LogP contribution in [0.5, 0.6) is 0 Å². The summed E-state index contributed by atoms with van der Waals surface area (Å²) in [5.41, 5.74) is 1.02. The average Bonchev–Trinajstić information content (AvgIpc) is 3.09. The minimum absolute atomic E-state index is 0.735. The number of rotatable bonds is 6. The van der Waals surface area contributed by atoms with Crippen molar-refractivity contribution in [1.29, 1.82) is 0 Å². The molecule has 0 saturated carbocycles. The van der Waals surface area contributed by atoms with Crippen LogP contribution in [0.1, 0.15) is 12.2 Å². The minimum Gasteiger partial charge on any atom is -0.457 e. The Morgan fingerprint density at radius 2 is 2.15 bits per heavy atom. The van der Waals surface area contributed by atoms with Gasteiger partial charge in [0.2, 0.25) is 0 Å². The van der Waals surface area contributed by atoms with Gasteiger partial charge in [0.25, 0.3) is 0 Å². The third-order valence-electron chi connectivity index (χ3n) is 2.99. The Kier molecular flexibility index (Phi) is 3.95. The van der Waals surface area contributed by atoms with Gasteiger partial charge in [0.1, 0.15) is 5.76 Å². The maximum Gasteiger partial charge on any atom is 0.163 e. The zero-order chi connectivity index (χ0) is 13.8. The van der Waals surface area contributed by atoms with Gasteiger partial charge in [0.05, 0.1) is 16.8 Å². The van der Waals surface area contributed by atoms with E-state index in [-0.39, 0.29) is 0 Å². The summed E-state index contributed by atoms with van der Waals surface area (Å²) in [6.45, 7) is 5.35. The summed E-state index contributed by atoms with van der Waals surface area (Å²) in [6.07, 6.45) is 2.87. The summed E-state index contributed by atoms with van der Waals surface area (Å²) in [6, 6.07) is 12.1. The van der Waals surface area contributed by atoms with Crippen molar-refractivity contribution < 1.29 is 4.42 Å². The molecule has 0 aliphatic rings. The molecule has 0 spiro atoms. The van der Waals surface area contributed by atoms with E-state index >= 15 is 0 Å². The summed E-state index contributed by atoms with van der Waals surface area (Å²) in [5.74, 6) is 1.77. The molecular weight excluding hydrogens is 268 g/mol. The maximum atomic E-state index is 5.84. The molecule has 0 aliphatic heterocycles. The normalized spacial score (nSPS) is 11.0. The van der Waals surface area contributed by atoms with E-state index in [1.165, 1.54) is 4.70 Å². The lowest BCUT2D eigenvalue weighted by molar-refractivity contribution is 0.495. The van der Waals surface area contributed by atoms with E-state index < -0.39 is 0 Å². The highest BCUT2D eigenvalue weighted by Gasteiger charge is 2.10. The summed E-state index contributed by atoms with van der Waals surface area (Å²) >= 11 is 1.66. The van der Waals surface area contributed by atoms with Crippen LogP contribution in [0.2, 0.25) is 0 Å². The second-order valence-electron chi connectivity index (χ2n) is 4.51. The van der Waals surface area contributed by atoms with Gasteiger partial charge in [-0.3, -0.25) is 0 Å². The minimum atomic E-state index is 0.735. The number of hydrogen-bond acceptors (Lipinski definition) is 4. The molecule has 0 amide bonds. The van der Waals surface area contributed by atoms with Gasteiger partial charge in [-0.1, -0.05) is 18.2 Å². The lowest BCUT2D eigenvalue weighted by Gasteiger charge is -1.98. The van der Waals surface area contributed by atoms with Crippen LogP contribution < -0.4 is 5.32 Å². The largest absolute Gasteiger partial charge is 0.457 e. The molecule has 20 heavy (non-hydrogen) atoms. The van der Waals surface area contributed by atoms with Gasteiger partial charge >= 0.3 is 0 Å². The van der Waals surface area contributed by atoms with Crippen molar-refractivity contribution in [3.63, 3.8) is 0 Å². The fourth-order valence-corrected chi connectivity index (χ4v) is 2.91. The zero-order valence-electron chi connectivity index (χ0n) is 11.1. The smallest absolute Gasteiger partial charge is 0.163 e. The molecular formula is C16H16N2OS. The first-order valence-corrected chi connectivity index (χ1v) is 7.45. The quantitative estimate of drug-likeness (QED) is 0.544. The first-order chi connectivity index (χ1) is 9.86. The molecule has 0 unspecified atom stereocenters. The van der Waals surface area contributed by atoms with Gasteiger partial charge in [-0.2, -0.15) is 0 Å². The summed E-state index contributed by atoms with van der Waals surface area (Å²) < 4.78 is 7.02. The average molecular weight is 284 g/mol. The van der Waals surface area contributed by atoms with Gasteiger partial charge in [-0.15, -0.1) is 17.9 Å². The molecule has 3 aromatic rings. The van der Waals surface area contributed by atoms with E-state index in [9.17, 15) is 0 Å². The van der Waals surface area contributed by atoms with Gasteiger partial charge < -0.3 is 9.73 Å². The van der Waals surface area contributed by atoms with Crippen LogP contribution in [0.15, 0.2) is 53.5 Å². The molecule has 1 N–H and O–H groups in total. The Morgan fingerprint density at radius 3 is 3.00 bits per heavy atom. The van der Waals surface area contributed by atoms with Crippen LogP contribution in [0, 0.1) is 0 Å². The molecule has 3 nitrogen and oxygen atoms in total. The Balaban J connectivity index is 1.74. The SMILES string of the molecule is C=CCCNCc1ccc(-c2nc3ccccc3s2)o1. The lowest BCUT2D eigenvalue weighted by Crippen LogP contribution is -2.13. The van der Waals surface area contributed by atoms with Crippen molar-refractivity contribution in [1.82, 2.24) is 10.3 Å². The number of furan rings is 1. The van der Waals surface area contributed by atoms with Crippen LogP contribution in [-0.4, -0.2) is 11.5 Å². The van der Waals surface area contributed by atoms with Crippen LogP contribution in [0.3, 0.4) is 0 Å². The maximum absolute atomic E-state index is 5.84. The van der Waals surface area contributed by atoms with Crippen molar-refractivity contribution in [2.45, 2.75) is 13.0 Å². The lowest BCUT2D eigenvalue weighted by atomic mass is 10.3. The second-order valence-corrected chi connectivity index (χ2v) is 5.54. The first kappa shape index (κ1) is 13.1. The molecule has 0 saturated heterocycles. The van der Waals surface area contributed by atoms with Gasteiger partial charge in [0, 0.05) is 0 Å². The molecule has 0 atom stereocenters. The molecule has 0 aliphatic carbocycles. The van der Waals surface area contributed by atoms with Crippen LogP contribution >= 0.6 is 11.3 Å². The summed E-state index contributed by atoms with van der Waals surface area (Å²) in [5, 5.41) is 4.25. The topological polar surface area (TPSA) is 38.1 Å². The van der Waals surface area contributed by atoms with Crippen LogP contribution in [-0.2, 0) is 6.54 Å². The van der Waals surface area contributed by atoms with Crippen molar-refractivity contribution in [3.05, 3.63) is 54.8 Å². The molecule has 0 fully saturated rings. The third kappa shape index (κ3) is 2.81. The number of nitrogens with zero attached hydrogens (tertiary/aromatic N) is 1. The molecule has 4 heteroatoms. The van der Waals surface area contributed by atoms with E-state index in [0.717, 1.165) is 41.6 Å². The fraction of sp³-hybridized carbons (Fsp3) is 0.188. The van der Waals surface area contributed by atoms with Crippen molar-refractivity contribution >= 4 is 21.6 Å². The fourth-order valence-electron chi connectivity index (χ4n) is 1.98. The summed E-state index contributed by atoms with van der Waals surface area (Å²) in [4.78, 5) is 4.60. The Morgan fingerprint density at radius 1 is 1.25 bits per heavy atom. The van der Waals surface area contributed by atoms with Crippen LogP contribution in [0.25, 0.3) is 21.0 Å². The molecule has 2 heterocycles. The van der Waals surface area contributed by atoms with E-state index in [2.05, 4.69) is 22.9 Å². The highest BCUT2D eigenvalue weighted by atomic mass is 32.1. The molecule has 3 rings (SSSR count). The number of thiazole rings is 1. The van der Waals surface area contributed by atoms with Crippen LogP contribution in [0.4, 0.5) is 0 Å². The predicted octanol–water partition coefficient (Wildman–Crippen LogP) is 4.22. The van der Waals surface area contributed by atoms with Crippen molar-refractivity contribution in [3.8, 4) is 10.8 Å². The number of benzene rings is 1. The Hall–Kier alpha value is -1.91. The third-order valence-corrected chi connectivity index (χ3v) is 4.04. The number of nitrogens with one attached hydrogen (secondary N) is 1. The molecule has 102 valence electrons. The number of fused-ring (bicyclic) bond motifs is 1.